The van der Waals surface area contributed by atoms with Crippen molar-refractivity contribution in [1.82, 2.24) is 45.1 Å². The Balaban J connectivity index is 1.58. The molecular weight excluding hydrogens is 448 g/mol. The van der Waals surface area contributed by atoms with E-state index >= 15 is 0 Å². The third-order valence-electron chi connectivity index (χ3n) is 5.25. The van der Waals surface area contributed by atoms with Gasteiger partial charge in [0.25, 0.3) is 11.5 Å². The van der Waals surface area contributed by atoms with Crippen LogP contribution < -0.4 is 16.6 Å². The summed E-state index contributed by atoms with van der Waals surface area (Å²) in [6.45, 7) is 1.79. The second-order valence-corrected chi connectivity index (χ2v) is 7.74. The summed E-state index contributed by atoms with van der Waals surface area (Å²) in [7, 11) is 0. The zero-order valence-corrected chi connectivity index (χ0v) is 18.0. The molecule has 0 aliphatic rings. The van der Waals surface area contributed by atoms with E-state index in [4.69, 9.17) is 17.3 Å². The highest BCUT2D eigenvalue weighted by Gasteiger charge is 2.23. The molecule has 1 amide bonds. The average molecular weight is 465 g/mol. The van der Waals surface area contributed by atoms with Crippen molar-refractivity contribution in [3.05, 3.63) is 75.2 Å². The number of rotatable bonds is 5. The summed E-state index contributed by atoms with van der Waals surface area (Å²) in [6, 6.07) is 8.07. The molecule has 13 heteroatoms. The van der Waals surface area contributed by atoms with E-state index in [1.54, 1.807) is 49.6 Å². The Morgan fingerprint density at radius 3 is 2.97 bits per heavy atom. The van der Waals surface area contributed by atoms with Crippen LogP contribution in [0, 0.1) is 0 Å². The van der Waals surface area contributed by atoms with Gasteiger partial charge in [-0.2, -0.15) is 5.21 Å². The van der Waals surface area contributed by atoms with Crippen molar-refractivity contribution in [3.8, 4) is 0 Å². The molecule has 0 aliphatic carbocycles. The standard InChI is InChI=1S/C20H17ClN10O2/c1-10(24-19(32)16-17(22)27-31-7-3-6-23-18(16)31)13-8-11-4-2-5-12(21)15(11)20(33)30(13)9-14-25-28-29-26-14/h2-8,10H,9H2,1H3,(H2,22,27)(H,24,32)(H,25,26,28,29). The molecule has 4 N–H and O–H groups in total. The number of nitrogens with two attached hydrogens (primary N) is 1. The Morgan fingerprint density at radius 1 is 1.33 bits per heavy atom. The summed E-state index contributed by atoms with van der Waals surface area (Å²) in [5, 5.41) is 22.1. The second kappa shape index (κ2) is 7.98. The van der Waals surface area contributed by atoms with Crippen molar-refractivity contribution < 1.29 is 4.79 Å². The van der Waals surface area contributed by atoms with Crippen LogP contribution in [0.2, 0.25) is 5.02 Å². The number of carbonyl (C=O) groups is 1. The van der Waals surface area contributed by atoms with Gasteiger partial charge in [-0.3, -0.25) is 9.59 Å². The zero-order chi connectivity index (χ0) is 23.1. The van der Waals surface area contributed by atoms with Crippen molar-refractivity contribution in [1.29, 1.82) is 0 Å². The Hall–Kier alpha value is -4.32. The first-order valence-electron chi connectivity index (χ1n) is 9.88. The number of hydrogen-bond donors (Lipinski definition) is 3. The maximum Gasteiger partial charge on any atom is 0.260 e. The number of aromatic amines is 1. The number of benzene rings is 1. The van der Waals surface area contributed by atoms with Crippen molar-refractivity contribution in [2.24, 2.45) is 0 Å². The van der Waals surface area contributed by atoms with E-state index in [9.17, 15) is 9.59 Å². The lowest BCUT2D eigenvalue weighted by molar-refractivity contribution is 0.0940. The van der Waals surface area contributed by atoms with Crippen molar-refractivity contribution in [2.75, 3.05) is 5.73 Å². The van der Waals surface area contributed by atoms with Crippen LogP contribution in [0.4, 0.5) is 5.82 Å². The van der Waals surface area contributed by atoms with Crippen LogP contribution in [-0.2, 0) is 6.54 Å². The maximum absolute atomic E-state index is 13.4. The lowest BCUT2D eigenvalue weighted by Crippen LogP contribution is -2.33. The first kappa shape index (κ1) is 20.6. The molecule has 0 saturated heterocycles. The summed E-state index contributed by atoms with van der Waals surface area (Å²) < 4.78 is 2.89. The minimum atomic E-state index is -0.599. The van der Waals surface area contributed by atoms with Gasteiger partial charge in [-0.1, -0.05) is 28.9 Å². The molecule has 1 atom stereocenters. The molecule has 5 aromatic rings. The molecule has 33 heavy (non-hydrogen) atoms. The van der Waals surface area contributed by atoms with E-state index in [0.29, 0.717) is 33.0 Å². The van der Waals surface area contributed by atoms with Gasteiger partial charge in [-0.05, 0) is 30.5 Å². The molecule has 1 aromatic carbocycles. The number of nitrogens with one attached hydrogen (secondary N) is 2. The van der Waals surface area contributed by atoms with Crippen LogP contribution in [0.5, 0.6) is 0 Å². The van der Waals surface area contributed by atoms with Crippen LogP contribution >= 0.6 is 11.6 Å². The van der Waals surface area contributed by atoms with Gasteiger partial charge in [-0.25, -0.2) is 9.50 Å². The molecule has 4 heterocycles. The smallest absolute Gasteiger partial charge is 0.260 e. The van der Waals surface area contributed by atoms with Gasteiger partial charge >= 0.3 is 0 Å². The fourth-order valence-corrected chi connectivity index (χ4v) is 4.02. The molecule has 0 aliphatic heterocycles. The summed E-state index contributed by atoms with van der Waals surface area (Å²) in [5.41, 5.74) is 6.64. The Kier molecular flexibility index (Phi) is 4.98. The summed E-state index contributed by atoms with van der Waals surface area (Å²) in [6.07, 6.45) is 3.20. The first-order chi connectivity index (χ1) is 15.9. The van der Waals surface area contributed by atoms with Gasteiger partial charge in [0.1, 0.15) is 5.56 Å². The number of halogens is 1. The number of fused-ring (bicyclic) bond motifs is 2. The van der Waals surface area contributed by atoms with E-state index in [2.05, 4.69) is 36.0 Å². The van der Waals surface area contributed by atoms with Crippen molar-refractivity contribution >= 4 is 39.7 Å². The van der Waals surface area contributed by atoms with Crippen LogP contribution in [0.1, 0.15) is 34.8 Å². The zero-order valence-electron chi connectivity index (χ0n) is 17.2. The summed E-state index contributed by atoms with van der Waals surface area (Å²) in [4.78, 5) is 30.7. The molecule has 5 rings (SSSR count). The van der Waals surface area contributed by atoms with Crippen molar-refractivity contribution in [3.63, 3.8) is 0 Å². The van der Waals surface area contributed by atoms with Gasteiger partial charge < -0.3 is 15.6 Å². The Bertz CT molecular complexity index is 1560. The second-order valence-electron chi connectivity index (χ2n) is 7.34. The summed E-state index contributed by atoms with van der Waals surface area (Å²) in [5.74, 6) is -0.120. The van der Waals surface area contributed by atoms with Crippen LogP contribution in [0.25, 0.3) is 16.4 Å². The number of amides is 1. The quantitative estimate of drug-likeness (QED) is 0.351. The minimum absolute atomic E-state index is 0.0342. The highest BCUT2D eigenvalue weighted by molar-refractivity contribution is 6.35. The van der Waals surface area contributed by atoms with Gasteiger partial charge in [0.05, 0.1) is 23.0 Å². The molecule has 0 saturated carbocycles. The predicted octanol–water partition coefficient (Wildman–Crippen LogP) is 1.33. The van der Waals surface area contributed by atoms with Gasteiger partial charge in [0.15, 0.2) is 17.3 Å². The van der Waals surface area contributed by atoms with E-state index in [1.807, 2.05) is 0 Å². The molecule has 4 aromatic heterocycles. The lowest BCUT2D eigenvalue weighted by Gasteiger charge is -2.20. The number of tetrazole rings is 1. The van der Waals surface area contributed by atoms with Crippen LogP contribution in [-0.4, -0.2) is 45.7 Å². The van der Waals surface area contributed by atoms with E-state index in [-0.39, 0.29) is 23.5 Å². The van der Waals surface area contributed by atoms with Crippen LogP contribution in [0.3, 0.4) is 0 Å². The molecule has 166 valence electrons. The highest BCUT2D eigenvalue weighted by atomic mass is 35.5. The number of anilines is 1. The number of pyridine rings is 1. The highest BCUT2D eigenvalue weighted by Crippen LogP contribution is 2.24. The number of nitrogens with zero attached hydrogens (tertiary/aromatic N) is 7. The molecule has 1 unspecified atom stereocenters. The fraction of sp³-hybridized carbons (Fsp3) is 0.150. The van der Waals surface area contributed by atoms with Gasteiger partial charge in [0.2, 0.25) is 0 Å². The largest absolute Gasteiger partial charge is 0.381 e. The summed E-state index contributed by atoms with van der Waals surface area (Å²) >= 11 is 6.31. The number of nitrogen functional groups attached to an aromatic ring is 1. The molecule has 12 nitrogen and oxygen atoms in total. The third-order valence-corrected chi connectivity index (χ3v) is 5.56. The molecular formula is C20H17ClN10O2. The lowest BCUT2D eigenvalue weighted by atomic mass is 10.1. The average Bonchev–Trinajstić information content (AvgIpc) is 3.41. The van der Waals surface area contributed by atoms with Gasteiger partial charge in [0, 0.05) is 18.1 Å². The number of carbonyl (C=O) groups excluding carboxylic acids is 1. The van der Waals surface area contributed by atoms with Crippen LogP contribution in [0.15, 0.2) is 47.5 Å². The van der Waals surface area contributed by atoms with Gasteiger partial charge in [-0.15, -0.1) is 15.3 Å². The van der Waals surface area contributed by atoms with E-state index in [1.165, 1.54) is 9.08 Å². The molecule has 0 bridgehead atoms. The Labute approximate surface area is 190 Å². The van der Waals surface area contributed by atoms with E-state index < -0.39 is 11.9 Å². The van der Waals surface area contributed by atoms with Crippen molar-refractivity contribution in [2.45, 2.75) is 19.5 Å². The molecule has 0 spiro atoms. The number of H-pyrrole nitrogens is 1. The number of hydrogen-bond acceptors (Lipinski definition) is 8. The molecule has 0 fully saturated rings. The normalized spacial score (nSPS) is 12.3. The monoisotopic (exact) mass is 464 g/mol. The Morgan fingerprint density at radius 2 is 2.18 bits per heavy atom. The predicted molar refractivity (Wildman–Crippen MR) is 120 cm³/mol. The maximum atomic E-state index is 13.4. The topological polar surface area (TPSA) is 162 Å². The minimum Gasteiger partial charge on any atom is -0.381 e. The fourth-order valence-electron chi connectivity index (χ4n) is 3.75. The molecule has 0 radical (unpaired) electrons. The SMILES string of the molecule is CC(NC(=O)c1c(N)nn2cccnc12)c1cc2cccc(Cl)c2c(=O)n1Cc1nn[nH]n1. The number of aromatic nitrogens is 8. The first-order valence-corrected chi connectivity index (χ1v) is 10.3. The van der Waals surface area contributed by atoms with E-state index in [0.717, 1.165) is 0 Å². The third kappa shape index (κ3) is 3.55.